The molecule has 2 radical (unpaired) electrons. The predicted octanol–water partition coefficient (Wildman–Crippen LogP) is 1.66. The molecule has 17 heavy (non-hydrogen) atoms. The van der Waals surface area contributed by atoms with Crippen LogP contribution in [0.3, 0.4) is 0 Å². The van der Waals surface area contributed by atoms with Crippen molar-refractivity contribution in [2.24, 2.45) is 0 Å². The zero-order chi connectivity index (χ0) is 11.8. The Morgan fingerprint density at radius 2 is 2.00 bits per heavy atom. The van der Waals surface area contributed by atoms with Crippen molar-refractivity contribution in [3.63, 3.8) is 0 Å². The molecule has 1 aliphatic heterocycles. The van der Waals surface area contributed by atoms with Crippen LogP contribution in [0.15, 0.2) is 18.3 Å². The van der Waals surface area contributed by atoms with E-state index in [9.17, 15) is 0 Å². The summed E-state index contributed by atoms with van der Waals surface area (Å²) in [5.41, 5.74) is 1.52. The summed E-state index contributed by atoms with van der Waals surface area (Å²) in [6.45, 7) is 8.78. The second kappa shape index (κ2) is 5.51. The second-order valence-corrected chi connectivity index (χ2v) is 5.44. The quantitative estimate of drug-likeness (QED) is 0.660. The standard InChI is InChI=1S/C12H19BN3.Ir/c1-12(2,3)10-5-6-14-11(9-10)16-8-7-15(4)13-16;/h5-6,9H,7-8H2,1-4H3;. The number of anilines is 1. The van der Waals surface area contributed by atoms with E-state index in [4.69, 9.17) is 0 Å². The molecule has 0 saturated carbocycles. The van der Waals surface area contributed by atoms with Crippen molar-refractivity contribution in [1.82, 2.24) is 9.79 Å². The predicted molar refractivity (Wildman–Crippen MR) is 68.7 cm³/mol. The van der Waals surface area contributed by atoms with Crippen LogP contribution in [0.2, 0.25) is 0 Å². The van der Waals surface area contributed by atoms with Crippen LogP contribution in [0.5, 0.6) is 0 Å². The molecular formula is C12H19BIrN3. The molecular weight excluding hydrogens is 389 g/mol. The van der Waals surface area contributed by atoms with Crippen molar-refractivity contribution < 1.29 is 20.1 Å². The Kier molecular flexibility index (Phi) is 4.76. The summed E-state index contributed by atoms with van der Waals surface area (Å²) in [6, 6.07) is 4.29. The SMILES string of the molecule is CN1[B]N(c2cc(C(C)(C)C)ccn2)CC1.[Ir]. The Balaban J connectivity index is 0.00000144. The summed E-state index contributed by atoms with van der Waals surface area (Å²) in [7, 11) is 4.21. The summed E-state index contributed by atoms with van der Waals surface area (Å²) >= 11 is 0. The third-order valence-electron chi connectivity index (χ3n) is 2.94. The molecule has 5 heteroatoms. The maximum atomic E-state index is 4.44. The maximum absolute atomic E-state index is 4.44. The van der Waals surface area contributed by atoms with Crippen LogP contribution < -0.4 is 4.81 Å². The topological polar surface area (TPSA) is 19.4 Å². The summed E-state index contributed by atoms with van der Waals surface area (Å²) in [4.78, 5) is 8.83. The van der Waals surface area contributed by atoms with Crippen LogP contribution in [-0.2, 0) is 25.5 Å². The minimum absolute atomic E-state index is 0. The van der Waals surface area contributed by atoms with Crippen molar-refractivity contribution in [1.29, 1.82) is 0 Å². The minimum Gasteiger partial charge on any atom is -0.388 e. The van der Waals surface area contributed by atoms with Crippen molar-refractivity contribution in [2.75, 3.05) is 24.9 Å². The first-order valence-electron chi connectivity index (χ1n) is 5.75. The molecule has 0 amide bonds. The number of hydrogen-bond acceptors (Lipinski definition) is 3. The van der Waals surface area contributed by atoms with Gasteiger partial charge in [0.25, 0.3) is 0 Å². The van der Waals surface area contributed by atoms with Crippen molar-refractivity contribution in [2.45, 2.75) is 26.2 Å². The van der Waals surface area contributed by atoms with Gasteiger partial charge in [0.05, 0.1) is 0 Å². The van der Waals surface area contributed by atoms with Gasteiger partial charge in [-0.05, 0) is 30.2 Å². The van der Waals surface area contributed by atoms with E-state index in [1.54, 1.807) is 0 Å². The Morgan fingerprint density at radius 1 is 1.29 bits per heavy atom. The van der Waals surface area contributed by atoms with Gasteiger partial charge in [-0.25, -0.2) is 4.98 Å². The van der Waals surface area contributed by atoms with Gasteiger partial charge >= 0.3 is 7.55 Å². The Bertz CT molecular complexity index is 378. The molecule has 1 aliphatic rings. The smallest absolute Gasteiger partial charge is 0.353 e. The Morgan fingerprint density at radius 3 is 2.53 bits per heavy atom. The van der Waals surface area contributed by atoms with Gasteiger partial charge in [-0.3, -0.25) is 0 Å². The van der Waals surface area contributed by atoms with Gasteiger partial charge in [0, 0.05) is 39.4 Å². The van der Waals surface area contributed by atoms with Crippen LogP contribution in [0.1, 0.15) is 26.3 Å². The molecule has 0 atom stereocenters. The van der Waals surface area contributed by atoms with Gasteiger partial charge in [-0.15, -0.1) is 0 Å². The molecule has 1 aromatic heterocycles. The first kappa shape index (κ1) is 14.7. The molecule has 0 N–H and O–H groups in total. The molecule has 0 aromatic carbocycles. The van der Waals surface area contributed by atoms with Crippen LogP contribution in [-0.4, -0.2) is 37.5 Å². The summed E-state index contributed by atoms with van der Waals surface area (Å²) in [5.74, 6) is 1.05. The van der Waals surface area contributed by atoms with Gasteiger partial charge in [0.1, 0.15) is 5.82 Å². The van der Waals surface area contributed by atoms with Crippen molar-refractivity contribution in [3.8, 4) is 0 Å². The van der Waals surface area contributed by atoms with Crippen molar-refractivity contribution in [3.05, 3.63) is 23.9 Å². The van der Waals surface area contributed by atoms with Gasteiger partial charge in [0.2, 0.25) is 0 Å². The molecule has 94 valence electrons. The molecule has 2 heterocycles. The summed E-state index contributed by atoms with van der Waals surface area (Å²) in [6.07, 6.45) is 1.90. The van der Waals surface area contributed by atoms with E-state index >= 15 is 0 Å². The van der Waals surface area contributed by atoms with Crippen LogP contribution >= 0.6 is 0 Å². The van der Waals surface area contributed by atoms with Gasteiger partial charge < -0.3 is 9.62 Å². The Labute approximate surface area is 118 Å². The molecule has 0 spiro atoms. The van der Waals surface area contributed by atoms with E-state index in [2.05, 4.69) is 62.1 Å². The number of pyridine rings is 1. The fourth-order valence-corrected chi connectivity index (χ4v) is 1.83. The third kappa shape index (κ3) is 3.54. The summed E-state index contributed by atoms with van der Waals surface area (Å²) in [5, 5.41) is 0. The third-order valence-corrected chi connectivity index (χ3v) is 2.94. The first-order valence-corrected chi connectivity index (χ1v) is 5.75. The van der Waals surface area contributed by atoms with Crippen LogP contribution in [0.25, 0.3) is 0 Å². The number of rotatable bonds is 1. The largest absolute Gasteiger partial charge is 0.388 e. The van der Waals surface area contributed by atoms with Crippen LogP contribution in [0.4, 0.5) is 5.82 Å². The van der Waals surface area contributed by atoms with E-state index in [1.807, 2.05) is 6.20 Å². The van der Waals surface area contributed by atoms with Gasteiger partial charge in [-0.2, -0.15) is 0 Å². The summed E-state index contributed by atoms with van der Waals surface area (Å²) < 4.78 is 0. The second-order valence-electron chi connectivity index (χ2n) is 5.44. The fraction of sp³-hybridized carbons (Fsp3) is 0.583. The van der Waals surface area contributed by atoms with Crippen LogP contribution in [0, 0.1) is 0 Å². The van der Waals surface area contributed by atoms with E-state index in [-0.39, 0.29) is 25.5 Å². The molecule has 3 nitrogen and oxygen atoms in total. The number of likely N-dealkylation sites (N-methyl/N-ethyl adjacent to an activating group) is 1. The number of hydrogen-bond donors (Lipinski definition) is 0. The first-order chi connectivity index (χ1) is 7.47. The normalized spacial score (nSPS) is 16.6. The van der Waals surface area contributed by atoms with E-state index in [0.29, 0.717) is 0 Å². The molecule has 2 rings (SSSR count). The number of aromatic nitrogens is 1. The molecule has 0 unspecified atom stereocenters. The molecule has 1 saturated heterocycles. The molecule has 0 bridgehead atoms. The fourth-order valence-electron chi connectivity index (χ4n) is 1.83. The van der Waals surface area contributed by atoms with Gasteiger partial charge in [0.15, 0.2) is 0 Å². The molecule has 1 fully saturated rings. The van der Waals surface area contributed by atoms with Gasteiger partial charge in [-0.1, -0.05) is 20.8 Å². The minimum atomic E-state index is 0. The zero-order valence-electron chi connectivity index (χ0n) is 10.9. The van der Waals surface area contributed by atoms with Crippen molar-refractivity contribution >= 4 is 13.4 Å². The van der Waals surface area contributed by atoms with E-state index < -0.39 is 0 Å². The molecule has 0 aliphatic carbocycles. The Hall–Kier alpha value is -0.376. The average Bonchev–Trinajstić information content (AvgIpc) is 2.64. The maximum Gasteiger partial charge on any atom is 0.353 e. The zero-order valence-corrected chi connectivity index (χ0v) is 13.3. The average molecular weight is 408 g/mol. The van der Waals surface area contributed by atoms with E-state index in [1.165, 1.54) is 5.56 Å². The van der Waals surface area contributed by atoms with E-state index in [0.717, 1.165) is 18.9 Å². The monoisotopic (exact) mass is 409 g/mol. The number of nitrogens with zero attached hydrogens (tertiary/aromatic N) is 3. The molecule has 1 aromatic rings.